The van der Waals surface area contributed by atoms with E-state index in [-0.39, 0.29) is 11.8 Å². The van der Waals surface area contributed by atoms with Crippen LogP contribution in [0, 0.1) is 0 Å². The first kappa shape index (κ1) is 11.5. The largest absolute Gasteiger partial charge is 0.465 e. The molecule has 2 heterocycles. The van der Waals surface area contributed by atoms with Crippen LogP contribution >= 0.6 is 0 Å². The van der Waals surface area contributed by atoms with Gasteiger partial charge in [0, 0.05) is 12.5 Å². The lowest BCUT2D eigenvalue weighted by Crippen LogP contribution is -2.30. The van der Waals surface area contributed by atoms with Crippen molar-refractivity contribution in [2.45, 2.75) is 6.92 Å². The summed E-state index contributed by atoms with van der Waals surface area (Å²) in [4.78, 5) is 25.1. The van der Waals surface area contributed by atoms with Crippen LogP contribution < -0.4 is 4.90 Å². The molecule has 0 N–H and O–H groups in total. The van der Waals surface area contributed by atoms with E-state index in [0.717, 1.165) is 5.56 Å². The standard InChI is InChI=1S/C15H11NO3/c1-10(17)16-14-7-3-2-6-12(14)13(15(16)18)9-11-5-4-8-19-11/h2-9H,1H3. The average Bonchev–Trinajstić information content (AvgIpc) is 2.97. The Labute approximate surface area is 109 Å². The molecule has 0 bridgehead atoms. The van der Waals surface area contributed by atoms with Crippen LogP contribution in [0.2, 0.25) is 0 Å². The lowest BCUT2D eigenvalue weighted by molar-refractivity contribution is -0.122. The lowest BCUT2D eigenvalue weighted by Gasteiger charge is -2.11. The summed E-state index contributed by atoms with van der Waals surface area (Å²) in [6, 6.07) is 10.7. The van der Waals surface area contributed by atoms with Gasteiger partial charge in [0.05, 0.1) is 17.5 Å². The van der Waals surface area contributed by atoms with Gasteiger partial charge >= 0.3 is 0 Å². The van der Waals surface area contributed by atoms with Crippen molar-refractivity contribution in [2.24, 2.45) is 0 Å². The third-order valence-electron chi connectivity index (χ3n) is 3.01. The van der Waals surface area contributed by atoms with E-state index in [9.17, 15) is 9.59 Å². The Morgan fingerprint density at radius 1 is 1.21 bits per heavy atom. The number of furan rings is 1. The number of carbonyl (C=O) groups excluding carboxylic acids is 2. The number of carbonyl (C=O) groups is 2. The monoisotopic (exact) mass is 253 g/mol. The van der Waals surface area contributed by atoms with E-state index in [0.29, 0.717) is 17.0 Å². The quantitative estimate of drug-likeness (QED) is 0.734. The van der Waals surface area contributed by atoms with E-state index in [2.05, 4.69) is 0 Å². The van der Waals surface area contributed by atoms with Crippen molar-refractivity contribution in [2.75, 3.05) is 4.90 Å². The van der Waals surface area contributed by atoms with E-state index in [1.165, 1.54) is 11.8 Å². The Morgan fingerprint density at radius 3 is 2.68 bits per heavy atom. The first-order valence-electron chi connectivity index (χ1n) is 5.88. The van der Waals surface area contributed by atoms with Gasteiger partial charge in [0.25, 0.3) is 5.91 Å². The highest BCUT2D eigenvalue weighted by Crippen LogP contribution is 2.37. The van der Waals surface area contributed by atoms with Gasteiger partial charge in [-0.2, -0.15) is 0 Å². The summed E-state index contributed by atoms with van der Waals surface area (Å²) in [7, 11) is 0. The molecule has 4 nitrogen and oxygen atoms in total. The SMILES string of the molecule is CC(=O)N1C(=O)C(=Cc2ccco2)c2ccccc21. The third kappa shape index (κ3) is 1.78. The summed E-state index contributed by atoms with van der Waals surface area (Å²) in [6.07, 6.45) is 3.20. The fourth-order valence-corrected chi connectivity index (χ4v) is 2.21. The molecule has 1 aromatic carbocycles. The van der Waals surface area contributed by atoms with Gasteiger partial charge in [0.1, 0.15) is 5.76 Å². The topological polar surface area (TPSA) is 50.5 Å². The molecule has 2 aromatic rings. The van der Waals surface area contributed by atoms with Crippen LogP contribution in [0.1, 0.15) is 18.2 Å². The molecule has 0 saturated carbocycles. The van der Waals surface area contributed by atoms with Gasteiger partial charge in [-0.15, -0.1) is 0 Å². The number of hydrogen-bond donors (Lipinski definition) is 0. The van der Waals surface area contributed by atoms with Crippen molar-refractivity contribution in [1.29, 1.82) is 0 Å². The van der Waals surface area contributed by atoms with Crippen LogP contribution in [0.5, 0.6) is 0 Å². The normalized spacial score (nSPS) is 15.9. The molecule has 0 fully saturated rings. The van der Waals surface area contributed by atoms with Crippen LogP contribution in [-0.2, 0) is 9.59 Å². The number of amides is 2. The molecule has 0 atom stereocenters. The minimum absolute atomic E-state index is 0.291. The Bertz CT molecular complexity index is 683. The van der Waals surface area contributed by atoms with E-state index < -0.39 is 0 Å². The maximum absolute atomic E-state index is 12.3. The highest BCUT2D eigenvalue weighted by molar-refractivity contribution is 6.41. The number of fused-ring (bicyclic) bond motifs is 1. The highest BCUT2D eigenvalue weighted by Gasteiger charge is 2.34. The van der Waals surface area contributed by atoms with Crippen molar-refractivity contribution in [3.63, 3.8) is 0 Å². The molecule has 0 aliphatic carbocycles. The molecule has 0 unspecified atom stereocenters. The van der Waals surface area contributed by atoms with Crippen molar-refractivity contribution >= 4 is 29.2 Å². The maximum atomic E-state index is 12.3. The molecule has 94 valence electrons. The minimum atomic E-state index is -0.315. The van der Waals surface area contributed by atoms with Gasteiger partial charge in [0.2, 0.25) is 5.91 Å². The summed E-state index contributed by atoms with van der Waals surface area (Å²) in [6.45, 7) is 1.38. The van der Waals surface area contributed by atoms with Crippen LogP contribution in [-0.4, -0.2) is 11.8 Å². The summed E-state index contributed by atoms with van der Waals surface area (Å²) in [5.41, 5.74) is 1.85. The molecule has 2 amide bonds. The van der Waals surface area contributed by atoms with Crippen LogP contribution in [0.25, 0.3) is 11.6 Å². The zero-order valence-electron chi connectivity index (χ0n) is 10.3. The number of para-hydroxylation sites is 1. The number of nitrogens with zero attached hydrogens (tertiary/aromatic N) is 1. The summed E-state index contributed by atoms with van der Waals surface area (Å²) in [5.74, 6) is -0.0195. The first-order chi connectivity index (χ1) is 9.18. The molecule has 1 aromatic heterocycles. The van der Waals surface area contributed by atoms with Gasteiger partial charge in [-0.05, 0) is 24.3 Å². The lowest BCUT2D eigenvalue weighted by atomic mass is 10.1. The smallest absolute Gasteiger partial charge is 0.265 e. The molecule has 4 heteroatoms. The predicted molar refractivity (Wildman–Crippen MR) is 71.2 cm³/mol. The molecule has 0 spiro atoms. The van der Waals surface area contributed by atoms with Gasteiger partial charge < -0.3 is 4.42 Å². The van der Waals surface area contributed by atoms with Gasteiger partial charge in [0.15, 0.2) is 0 Å². The fourth-order valence-electron chi connectivity index (χ4n) is 2.21. The third-order valence-corrected chi connectivity index (χ3v) is 3.01. The van der Waals surface area contributed by atoms with Gasteiger partial charge in [-0.3, -0.25) is 9.59 Å². The summed E-state index contributed by atoms with van der Waals surface area (Å²) < 4.78 is 5.22. The highest BCUT2D eigenvalue weighted by atomic mass is 16.3. The molecular weight excluding hydrogens is 242 g/mol. The predicted octanol–water partition coefficient (Wildman–Crippen LogP) is 2.71. The van der Waals surface area contributed by atoms with E-state index in [1.807, 2.05) is 12.1 Å². The molecule has 0 radical (unpaired) electrons. The fraction of sp³-hybridized carbons (Fsp3) is 0.0667. The van der Waals surface area contributed by atoms with Gasteiger partial charge in [-0.25, -0.2) is 4.90 Å². The van der Waals surface area contributed by atoms with E-state index in [4.69, 9.17) is 4.42 Å². The average molecular weight is 253 g/mol. The van der Waals surface area contributed by atoms with Crippen LogP contribution in [0.15, 0.2) is 47.1 Å². The second kappa shape index (κ2) is 4.24. The first-order valence-corrected chi connectivity index (χ1v) is 5.88. The van der Waals surface area contributed by atoms with Crippen molar-refractivity contribution in [3.05, 3.63) is 54.0 Å². The van der Waals surface area contributed by atoms with Crippen molar-refractivity contribution < 1.29 is 14.0 Å². The second-order valence-electron chi connectivity index (χ2n) is 4.25. The number of rotatable bonds is 1. The maximum Gasteiger partial charge on any atom is 0.265 e. The minimum Gasteiger partial charge on any atom is -0.465 e. The second-order valence-corrected chi connectivity index (χ2v) is 4.25. The van der Waals surface area contributed by atoms with E-state index in [1.54, 1.807) is 36.6 Å². The zero-order valence-corrected chi connectivity index (χ0v) is 10.3. The molecule has 3 rings (SSSR count). The molecular formula is C15H11NO3. The van der Waals surface area contributed by atoms with Crippen molar-refractivity contribution in [1.82, 2.24) is 0 Å². The number of hydrogen-bond acceptors (Lipinski definition) is 3. The Hall–Kier alpha value is -2.62. The van der Waals surface area contributed by atoms with E-state index >= 15 is 0 Å². The summed E-state index contributed by atoms with van der Waals surface area (Å²) in [5, 5.41) is 0. The molecule has 0 saturated heterocycles. The Morgan fingerprint density at radius 2 is 2.00 bits per heavy atom. The zero-order chi connectivity index (χ0) is 13.4. The number of benzene rings is 1. The number of anilines is 1. The number of imide groups is 1. The van der Waals surface area contributed by atoms with Gasteiger partial charge in [-0.1, -0.05) is 18.2 Å². The Balaban J connectivity index is 2.17. The van der Waals surface area contributed by atoms with Crippen molar-refractivity contribution in [3.8, 4) is 0 Å². The van der Waals surface area contributed by atoms with Crippen LogP contribution in [0.3, 0.4) is 0 Å². The Kier molecular flexibility index (Phi) is 2.56. The molecule has 1 aliphatic rings. The molecule has 19 heavy (non-hydrogen) atoms. The molecule has 1 aliphatic heterocycles. The summed E-state index contributed by atoms with van der Waals surface area (Å²) >= 11 is 0. The van der Waals surface area contributed by atoms with Crippen LogP contribution in [0.4, 0.5) is 5.69 Å².